The van der Waals surface area contributed by atoms with Crippen LogP contribution in [-0.4, -0.2) is 26.3 Å². The fourth-order valence-corrected chi connectivity index (χ4v) is 3.99. The van der Waals surface area contributed by atoms with E-state index in [9.17, 15) is 9.18 Å². The molecule has 4 nitrogen and oxygen atoms in total. The van der Waals surface area contributed by atoms with Gasteiger partial charge in [-0.3, -0.25) is 4.79 Å². The Bertz CT molecular complexity index is 1010. The first-order valence-electron chi connectivity index (χ1n) is 8.68. The van der Waals surface area contributed by atoms with Crippen molar-refractivity contribution >= 4 is 17.5 Å². The number of carbonyl (C=O) groups excluding carboxylic acids is 1. The highest BCUT2D eigenvalue weighted by atomic mass is 32.2. The number of ketones is 1. The average molecular weight is 383 g/mol. The van der Waals surface area contributed by atoms with Crippen molar-refractivity contribution in [2.75, 3.05) is 5.75 Å². The summed E-state index contributed by atoms with van der Waals surface area (Å²) in [4.78, 5) is 12.8. The molecule has 27 heavy (non-hydrogen) atoms. The van der Waals surface area contributed by atoms with Gasteiger partial charge in [-0.05, 0) is 74.2 Å². The van der Waals surface area contributed by atoms with Crippen molar-refractivity contribution in [2.24, 2.45) is 7.05 Å². The average Bonchev–Trinajstić information content (AvgIpc) is 2.99. The molecule has 0 unspecified atom stereocenters. The summed E-state index contributed by atoms with van der Waals surface area (Å²) in [7, 11) is 1.85. The van der Waals surface area contributed by atoms with E-state index in [1.807, 2.05) is 32.4 Å². The largest absolute Gasteiger partial charge is 0.305 e. The van der Waals surface area contributed by atoms with Crippen molar-refractivity contribution in [3.63, 3.8) is 0 Å². The molecule has 0 atom stereocenters. The van der Waals surface area contributed by atoms with E-state index in [4.69, 9.17) is 0 Å². The van der Waals surface area contributed by atoms with E-state index in [1.54, 1.807) is 12.1 Å². The summed E-state index contributed by atoms with van der Waals surface area (Å²) in [5.74, 6) is 0.729. The SMILES string of the molecule is Cc1cc(C)c(C(=O)CSc2nnc(-c3ccc(F)cc3)n2C)c(C)c1C. The Balaban J connectivity index is 1.79. The Labute approximate surface area is 162 Å². The number of rotatable bonds is 5. The van der Waals surface area contributed by atoms with Crippen LogP contribution >= 0.6 is 11.8 Å². The van der Waals surface area contributed by atoms with Gasteiger partial charge in [-0.2, -0.15) is 0 Å². The van der Waals surface area contributed by atoms with Gasteiger partial charge in [0.05, 0.1) is 5.75 Å². The molecule has 140 valence electrons. The topological polar surface area (TPSA) is 47.8 Å². The number of hydrogen-bond acceptors (Lipinski definition) is 4. The van der Waals surface area contributed by atoms with Gasteiger partial charge in [-0.1, -0.05) is 17.8 Å². The van der Waals surface area contributed by atoms with Gasteiger partial charge in [-0.15, -0.1) is 10.2 Å². The molecule has 2 aromatic carbocycles. The van der Waals surface area contributed by atoms with Crippen LogP contribution in [0, 0.1) is 33.5 Å². The molecule has 0 spiro atoms. The van der Waals surface area contributed by atoms with Crippen molar-refractivity contribution in [2.45, 2.75) is 32.9 Å². The van der Waals surface area contributed by atoms with Crippen LogP contribution in [0.25, 0.3) is 11.4 Å². The Morgan fingerprint density at radius 3 is 2.37 bits per heavy atom. The third-order valence-corrected chi connectivity index (χ3v) is 5.93. The molecule has 0 saturated heterocycles. The fraction of sp³-hybridized carbons (Fsp3) is 0.286. The minimum Gasteiger partial charge on any atom is -0.305 e. The molecular formula is C21H22FN3OS. The van der Waals surface area contributed by atoms with Gasteiger partial charge in [0, 0.05) is 18.2 Å². The van der Waals surface area contributed by atoms with Crippen LogP contribution < -0.4 is 0 Å². The van der Waals surface area contributed by atoms with Crippen LogP contribution in [0.15, 0.2) is 35.5 Å². The summed E-state index contributed by atoms with van der Waals surface area (Å²) in [6.45, 7) is 8.09. The van der Waals surface area contributed by atoms with Crippen LogP contribution in [0.2, 0.25) is 0 Å². The zero-order valence-electron chi connectivity index (χ0n) is 16.1. The summed E-state index contributed by atoms with van der Waals surface area (Å²) >= 11 is 1.36. The summed E-state index contributed by atoms with van der Waals surface area (Å²) in [5, 5.41) is 9.03. The van der Waals surface area contributed by atoms with Crippen LogP contribution in [0.1, 0.15) is 32.6 Å². The molecule has 0 fully saturated rings. The van der Waals surface area contributed by atoms with Gasteiger partial charge in [-0.25, -0.2) is 4.39 Å². The highest BCUT2D eigenvalue weighted by Crippen LogP contribution is 2.26. The van der Waals surface area contributed by atoms with E-state index in [0.717, 1.165) is 27.8 Å². The van der Waals surface area contributed by atoms with Crippen molar-refractivity contribution in [1.82, 2.24) is 14.8 Å². The molecule has 0 amide bonds. The highest BCUT2D eigenvalue weighted by molar-refractivity contribution is 7.99. The molecule has 0 N–H and O–H groups in total. The normalized spacial score (nSPS) is 11.0. The maximum atomic E-state index is 13.1. The Hall–Kier alpha value is -2.47. The first-order chi connectivity index (χ1) is 12.8. The van der Waals surface area contributed by atoms with Gasteiger partial charge in [0.25, 0.3) is 0 Å². The third kappa shape index (κ3) is 3.81. The minimum absolute atomic E-state index is 0.0874. The van der Waals surface area contributed by atoms with E-state index in [-0.39, 0.29) is 11.6 Å². The quantitative estimate of drug-likeness (QED) is 0.468. The highest BCUT2D eigenvalue weighted by Gasteiger charge is 2.18. The molecule has 0 saturated carbocycles. The second kappa shape index (κ2) is 7.64. The number of thioether (sulfide) groups is 1. The number of carbonyl (C=O) groups is 1. The number of hydrogen-bond donors (Lipinski definition) is 0. The van der Waals surface area contributed by atoms with Crippen LogP contribution in [0.4, 0.5) is 4.39 Å². The van der Waals surface area contributed by atoms with E-state index in [1.165, 1.54) is 29.5 Å². The molecule has 0 aliphatic rings. The molecule has 0 radical (unpaired) electrons. The maximum Gasteiger partial charge on any atom is 0.191 e. The molecule has 1 heterocycles. The van der Waals surface area contributed by atoms with Gasteiger partial charge >= 0.3 is 0 Å². The number of benzene rings is 2. The maximum absolute atomic E-state index is 13.1. The Morgan fingerprint density at radius 1 is 1.04 bits per heavy atom. The number of aromatic nitrogens is 3. The lowest BCUT2D eigenvalue weighted by Gasteiger charge is -2.14. The number of nitrogens with zero attached hydrogens (tertiary/aromatic N) is 3. The summed E-state index contributed by atoms with van der Waals surface area (Å²) in [5.41, 5.74) is 5.99. The predicted molar refractivity (Wildman–Crippen MR) is 107 cm³/mol. The van der Waals surface area contributed by atoms with Gasteiger partial charge < -0.3 is 4.57 Å². The van der Waals surface area contributed by atoms with E-state index < -0.39 is 0 Å². The lowest BCUT2D eigenvalue weighted by molar-refractivity contribution is 0.102. The Morgan fingerprint density at radius 2 is 1.70 bits per heavy atom. The molecule has 0 aliphatic heterocycles. The summed E-state index contributed by atoms with van der Waals surface area (Å²) in [6.07, 6.45) is 0. The smallest absolute Gasteiger partial charge is 0.191 e. The van der Waals surface area contributed by atoms with Crippen LogP contribution in [0.5, 0.6) is 0 Å². The zero-order chi connectivity index (χ0) is 19.7. The fourth-order valence-electron chi connectivity index (χ4n) is 3.21. The summed E-state index contributed by atoms with van der Waals surface area (Å²) in [6, 6.07) is 8.19. The molecular weight excluding hydrogens is 361 g/mol. The summed E-state index contributed by atoms with van der Waals surface area (Å²) < 4.78 is 14.9. The minimum atomic E-state index is -0.291. The van der Waals surface area contributed by atoms with Crippen LogP contribution in [-0.2, 0) is 7.05 Å². The molecule has 6 heteroatoms. The number of halogens is 1. The van der Waals surface area contributed by atoms with Crippen LogP contribution in [0.3, 0.4) is 0 Å². The third-order valence-electron chi connectivity index (χ3n) is 4.90. The molecule has 0 aliphatic carbocycles. The number of aryl methyl sites for hydroxylation is 2. The second-order valence-corrected chi connectivity index (χ2v) is 7.66. The second-order valence-electron chi connectivity index (χ2n) is 6.72. The number of Topliss-reactive ketones (excluding diaryl/α,β-unsaturated/α-hetero) is 1. The monoisotopic (exact) mass is 383 g/mol. The van der Waals surface area contributed by atoms with Gasteiger partial charge in [0.1, 0.15) is 5.82 Å². The van der Waals surface area contributed by atoms with Gasteiger partial charge in [0.15, 0.2) is 16.8 Å². The van der Waals surface area contributed by atoms with Crippen molar-refractivity contribution < 1.29 is 9.18 Å². The van der Waals surface area contributed by atoms with Crippen molar-refractivity contribution in [1.29, 1.82) is 0 Å². The van der Waals surface area contributed by atoms with E-state index in [0.29, 0.717) is 16.7 Å². The lowest BCUT2D eigenvalue weighted by atomic mass is 9.92. The molecule has 0 bridgehead atoms. The zero-order valence-corrected chi connectivity index (χ0v) is 16.9. The predicted octanol–water partition coefficient (Wildman–Crippen LogP) is 4.83. The van der Waals surface area contributed by atoms with E-state index >= 15 is 0 Å². The van der Waals surface area contributed by atoms with Crippen molar-refractivity contribution in [3.8, 4) is 11.4 Å². The lowest BCUT2D eigenvalue weighted by Crippen LogP contribution is -2.10. The van der Waals surface area contributed by atoms with Crippen molar-refractivity contribution in [3.05, 3.63) is 64.0 Å². The standard InChI is InChI=1S/C21H22FN3OS/c1-12-10-13(2)19(15(4)14(12)3)18(26)11-27-21-24-23-20(25(21)5)16-6-8-17(22)9-7-16/h6-10H,11H2,1-5H3. The first kappa shape index (κ1) is 19.3. The molecule has 3 rings (SSSR count). The molecule has 3 aromatic rings. The van der Waals surface area contributed by atoms with Gasteiger partial charge in [0.2, 0.25) is 0 Å². The van der Waals surface area contributed by atoms with E-state index in [2.05, 4.69) is 23.2 Å². The Kier molecular flexibility index (Phi) is 5.46. The first-order valence-corrected chi connectivity index (χ1v) is 9.67. The molecule has 1 aromatic heterocycles.